The van der Waals surface area contributed by atoms with Crippen LogP contribution in [-0.2, 0) is 19.4 Å². The lowest BCUT2D eigenvalue weighted by atomic mass is 9.89. The van der Waals surface area contributed by atoms with Gasteiger partial charge in [0.1, 0.15) is 0 Å². The van der Waals surface area contributed by atoms with E-state index in [0.29, 0.717) is 6.79 Å². The maximum absolute atomic E-state index is 5.79. The molecule has 0 N–H and O–H groups in total. The first-order valence-electron chi connectivity index (χ1n) is 11.3. The summed E-state index contributed by atoms with van der Waals surface area (Å²) in [6.45, 7) is 3.49. The number of ether oxygens (including phenoxy) is 4. The molecule has 0 saturated carbocycles. The first-order chi connectivity index (χ1) is 15.2. The summed E-state index contributed by atoms with van der Waals surface area (Å²) >= 11 is 0. The zero-order valence-corrected chi connectivity index (χ0v) is 18.6. The summed E-state index contributed by atoms with van der Waals surface area (Å²) in [5.41, 5.74) is 5.28. The molecule has 0 unspecified atom stereocenters. The number of nitrogens with zero attached hydrogens (tertiary/aromatic N) is 1. The molecule has 5 heteroatoms. The third kappa shape index (κ3) is 3.36. The fraction of sp³-hybridized carbons (Fsp3) is 0.423. The Morgan fingerprint density at radius 1 is 0.968 bits per heavy atom. The van der Waals surface area contributed by atoms with Gasteiger partial charge in [-0.15, -0.1) is 0 Å². The highest BCUT2D eigenvalue weighted by molar-refractivity contribution is 5.95. The Morgan fingerprint density at radius 3 is 2.58 bits per heavy atom. The monoisotopic (exact) mass is 420 g/mol. The van der Waals surface area contributed by atoms with Gasteiger partial charge in [-0.1, -0.05) is 26.2 Å². The summed E-state index contributed by atoms with van der Waals surface area (Å²) in [5.74, 6) is 3.29. The van der Waals surface area contributed by atoms with Crippen molar-refractivity contribution >= 4 is 10.8 Å². The Morgan fingerprint density at radius 2 is 1.81 bits per heavy atom. The number of rotatable bonds is 7. The van der Waals surface area contributed by atoms with Gasteiger partial charge in [0.15, 0.2) is 35.7 Å². The van der Waals surface area contributed by atoms with Gasteiger partial charge in [-0.2, -0.15) is 4.57 Å². The van der Waals surface area contributed by atoms with Crippen LogP contribution in [-0.4, -0.2) is 21.0 Å². The van der Waals surface area contributed by atoms with Crippen LogP contribution in [0.2, 0.25) is 0 Å². The zero-order chi connectivity index (χ0) is 21.4. The van der Waals surface area contributed by atoms with Crippen LogP contribution in [0.15, 0.2) is 30.5 Å². The molecule has 31 heavy (non-hydrogen) atoms. The predicted octanol–water partition coefficient (Wildman–Crippen LogP) is 5.22. The number of unbranched alkanes of at least 4 members (excludes halogenated alkanes) is 3. The van der Waals surface area contributed by atoms with Crippen LogP contribution in [0.25, 0.3) is 22.0 Å². The lowest BCUT2D eigenvalue weighted by Crippen LogP contribution is -2.41. The molecule has 2 aliphatic heterocycles. The smallest absolute Gasteiger partial charge is 0.231 e. The Kier molecular flexibility index (Phi) is 5.34. The molecule has 0 atom stereocenters. The summed E-state index contributed by atoms with van der Waals surface area (Å²) in [6, 6.07) is 8.55. The highest BCUT2D eigenvalue weighted by Crippen LogP contribution is 2.43. The lowest BCUT2D eigenvalue weighted by Gasteiger charge is -2.21. The van der Waals surface area contributed by atoms with Gasteiger partial charge in [0, 0.05) is 17.4 Å². The third-order valence-corrected chi connectivity index (χ3v) is 6.52. The van der Waals surface area contributed by atoms with Crippen molar-refractivity contribution in [2.24, 2.45) is 0 Å². The van der Waals surface area contributed by atoms with Gasteiger partial charge in [-0.25, -0.2) is 0 Å². The van der Waals surface area contributed by atoms with Crippen molar-refractivity contribution in [3.05, 3.63) is 41.6 Å². The quantitative estimate of drug-likeness (QED) is 0.388. The van der Waals surface area contributed by atoms with Crippen LogP contribution in [0.3, 0.4) is 0 Å². The minimum atomic E-state index is 0.302. The summed E-state index contributed by atoms with van der Waals surface area (Å²) in [4.78, 5) is 0. The molecule has 5 rings (SSSR count). The van der Waals surface area contributed by atoms with Crippen LogP contribution < -0.4 is 23.5 Å². The van der Waals surface area contributed by atoms with E-state index in [1.54, 1.807) is 14.2 Å². The molecule has 0 aliphatic carbocycles. The van der Waals surface area contributed by atoms with Crippen LogP contribution in [0.5, 0.6) is 23.0 Å². The van der Waals surface area contributed by atoms with Crippen molar-refractivity contribution in [3.8, 4) is 34.3 Å². The lowest BCUT2D eigenvalue weighted by molar-refractivity contribution is -0.686. The average Bonchev–Trinajstić information content (AvgIpc) is 3.26. The third-order valence-electron chi connectivity index (χ3n) is 6.52. The summed E-state index contributed by atoms with van der Waals surface area (Å²) in [7, 11) is 3.41. The largest absolute Gasteiger partial charge is 0.493 e. The standard InChI is InChI=1S/C26H30NO4/c1-4-5-6-7-8-19-18-9-10-22(28-2)26(29-3)21(18)15-27-12-11-17-13-23-24(31-16-30-23)14-20(17)25(19)27/h9-10,13-15H,4-8,11-12,16H2,1-3H3/q+1. The second-order valence-corrected chi connectivity index (χ2v) is 8.34. The van der Waals surface area contributed by atoms with E-state index in [4.69, 9.17) is 18.9 Å². The minimum Gasteiger partial charge on any atom is -0.493 e. The van der Waals surface area contributed by atoms with E-state index >= 15 is 0 Å². The Bertz CT molecular complexity index is 1140. The SMILES string of the molecule is CCCCCCc1c2[n+](cc3c(OC)c(OC)ccc13)CCc1cc3c(cc1-2)OCO3. The van der Waals surface area contributed by atoms with E-state index in [1.165, 1.54) is 53.5 Å². The summed E-state index contributed by atoms with van der Waals surface area (Å²) in [5, 5.41) is 2.35. The molecule has 0 radical (unpaired) electrons. The number of benzene rings is 2. The Labute approximate surface area is 183 Å². The number of aryl methyl sites for hydroxylation is 3. The van der Waals surface area contributed by atoms with Crippen LogP contribution in [0, 0.1) is 0 Å². The van der Waals surface area contributed by atoms with E-state index in [-0.39, 0.29) is 0 Å². The van der Waals surface area contributed by atoms with Crippen molar-refractivity contribution in [1.29, 1.82) is 0 Å². The first kappa shape index (κ1) is 20.0. The molecule has 3 heterocycles. The summed E-state index contributed by atoms with van der Waals surface area (Å²) in [6.07, 6.45) is 9.16. The van der Waals surface area contributed by atoms with Gasteiger partial charge in [0.25, 0.3) is 0 Å². The van der Waals surface area contributed by atoms with E-state index in [2.05, 4.69) is 35.9 Å². The molecule has 5 nitrogen and oxygen atoms in total. The highest BCUT2D eigenvalue weighted by Gasteiger charge is 2.32. The Balaban J connectivity index is 1.73. The second kappa shape index (κ2) is 8.29. The molecule has 0 bridgehead atoms. The van der Waals surface area contributed by atoms with Crippen molar-refractivity contribution in [1.82, 2.24) is 0 Å². The van der Waals surface area contributed by atoms with Crippen LogP contribution in [0.4, 0.5) is 0 Å². The number of fused-ring (bicyclic) bond motifs is 5. The minimum absolute atomic E-state index is 0.302. The molecule has 0 fully saturated rings. The fourth-order valence-corrected chi connectivity index (χ4v) is 4.99. The van der Waals surface area contributed by atoms with Crippen molar-refractivity contribution in [2.45, 2.75) is 52.0 Å². The maximum Gasteiger partial charge on any atom is 0.231 e. The van der Waals surface area contributed by atoms with Crippen LogP contribution in [0.1, 0.15) is 43.7 Å². The van der Waals surface area contributed by atoms with Gasteiger partial charge < -0.3 is 18.9 Å². The molecule has 0 spiro atoms. The summed E-state index contributed by atoms with van der Waals surface area (Å²) < 4.78 is 25.1. The Hall–Kier alpha value is -2.95. The predicted molar refractivity (Wildman–Crippen MR) is 120 cm³/mol. The van der Waals surface area contributed by atoms with E-state index in [9.17, 15) is 0 Å². The van der Waals surface area contributed by atoms with Crippen molar-refractivity contribution in [3.63, 3.8) is 0 Å². The first-order valence-corrected chi connectivity index (χ1v) is 11.3. The van der Waals surface area contributed by atoms with Gasteiger partial charge in [0.2, 0.25) is 12.5 Å². The topological polar surface area (TPSA) is 40.8 Å². The van der Waals surface area contributed by atoms with E-state index < -0.39 is 0 Å². The van der Waals surface area contributed by atoms with E-state index in [1.807, 2.05) is 6.07 Å². The average molecular weight is 421 g/mol. The van der Waals surface area contributed by atoms with Crippen molar-refractivity contribution in [2.75, 3.05) is 21.0 Å². The molecule has 2 aliphatic rings. The number of aromatic nitrogens is 1. The molecule has 162 valence electrons. The number of methoxy groups -OCH3 is 2. The number of hydrogen-bond donors (Lipinski definition) is 0. The molecule has 0 saturated heterocycles. The second-order valence-electron chi connectivity index (χ2n) is 8.34. The van der Waals surface area contributed by atoms with Gasteiger partial charge >= 0.3 is 0 Å². The van der Waals surface area contributed by atoms with Crippen molar-refractivity contribution < 1.29 is 23.5 Å². The molecule has 3 aromatic rings. The normalized spacial score (nSPS) is 13.8. The highest BCUT2D eigenvalue weighted by atomic mass is 16.7. The van der Waals surface area contributed by atoms with E-state index in [0.717, 1.165) is 47.8 Å². The molecular weight excluding hydrogens is 390 g/mol. The number of pyridine rings is 1. The molecule has 0 amide bonds. The van der Waals surface area contributed by atoms with Gasteiger partial charge in [-0.3, -0.25) is 0 Å². The van der Waals surface area contributed by atoms with Crippen LogP contribution >= 0.6 is 0 Å². The maximum atomic E-state index is 5.79. The zero-order valence-electron chi connectivity index (χ0n) is 18.6. The number of hydrogen-bond acceptors (Lipinski definition) is 4. The molecule has 2 aromatic carbocycles. The molecule has 1 aromatic heterocycles. The van der Waals surface area contributed by atoms with Gasteiger partial charge in [0.05, 0.1) is 25.2 Å². The molecular formula is C26H30NO4+. The van der Waals surface area contributed by atoms with Gasteiger partial charge in [-0.05, 0) is 42.7 Å². The fourth-order valence-electron chi connectivity index (χ4n) is 4.99.